The monoisotopic (exact) mass is 197 g/mol. The van der Waals surface area contributed by atoms with Gasteiger partial charge in [-0.3, -0.25) is 4.90 Å². The van der Waals surface area contributed by atoms with Gasteiger partial charge in [0.1, 0.15) is 0 Å². The Bertz CT molecular complexity index is 222. The molecule has 74 valence electrons. The van der Waals surface area contributed by atoms with Crippen LogP contribution in [0.5, 0.6) is 0 Å². The Kier molecular flexibility index (Phi) is 1.76. The van der Waals surface area contributed by atoms with Crippen LogP contribution in [0.3, 0.4) is 0 Å². The van der Waals surface area contributed by atoms with E-state index in [1.165, 1.54) is 31.7 Å². The number of fused-ring (bicyclic) bond motifs is 1. The van der Waals surface area contributed by atoms with Gasteiger partial charge in [-0.2, -0.15) is 11.8 Å². The van der Waals surface area contributed by atoms with Gasteiger partial charge >= 0.3 is 0 Å². The molecule has 0 radical (unpaired) electrons. The van der Waals surface area contributed by atoms with Crippen molar-refractivity contribution in [3.63, 3.8) is 0 Å². The van der Waals surface area contributed by atoms with Gasteiger partial charge in [0.25, 0.3) is 0 Å². The maximum atomic E-state index is 2.73. The summed E-state index contributed by atoms with van der Waals surface area (Å²) in [5, 5.41) is 1.03. The van der Waals surface area contributed by atoms with Gasteiger partial charge in [-0.05, 0) is 24.2 Å². The van der Waals surface area contributed by atoms with Gasteiger partial charge < -0.3 is 0 Å². The van der Waals surface area contributed by atoms with Gasteiger partial charge in [-0.15, -0.1) is 0 Å². The fourth-order valence-corrected chi connectivity index (χ4v) is 4.80. The molecule has 2 saturated heterocycles. The number of hydrogen-bond acceptors (Lipinski definition) is 2. The van der Waals surface area contributed by atoms with Crippen molar-refractivity contribution >= 4 is 11.8 Å². The van der Waals surface area contributed by atoms with Crippen molar-refractivity contribution in [2.75, 3.05) is 18.8 Å². The number of rotatable bonds is 2. The quantitative estimate of drug-likeness (QED) is 0.668. The first-order chi connectivity index (χ1) is 6.16. The molecule has 3 fully saturated rings. The van der Waals surface area contributed by atoms with Gasteiger partial charge in [0.15, 0.2) is 0 Å². The predicted octanol–water partition coefficient (Wildman–Crippen LogP) is 2.22. The minimum absolute atomic E-state index is 0.685. The summed E-state index contributed by atoms with van der Waals surface area (Å²) >= 11 is 2.17. The summed E-state index contributed by atoms with van der Waals surface area (Å²) < 4.78 is 0. The number of nitrogens with zero attached hydrogens (tertiary/aromatic N) is 1. The van der Waals surface area contributed by atoms with E-state index in [1.807, 2.05) is 0 Å². The molecule has 0 amide bonds. The van der Waals surface area contributed by atoms with Crippen LogP contribution < -0.4 is 0 Å². The predicted molar refractivity (Wildman–Crippen MR) is 58.1 cm³/mol. The molecule has 2 heteroatoms. The van der Waals surface area contributed by atoms with Crippen molar-refractivity contribution in [1.82, 2.24) is 4.90 Å². The van der Waals surface area contributed by atoms with E-state index in [2.05, 4.69) is 30.5 Å². The molecule has 2 unspecified atom stereocenters. The minimum Gasteiger partial charge on any atom is -0.297 e. The molecular formula is C11H19NS. The zero-order valence-electron chi connectivity index (χ0n) is 8.62. The summed E-state index contributed by atoms with van der Waals surface area (Å²) in [6.07, 6.45) is 2.93. The van der Waals surface area contributed by atoms with E-state index < -0.39 is 0 Å². The first-order valence-electron chi connectivity index (χ1n) is 5.52. The van der Waals surface area contributed by atoms with E-state index in [0.717, 1.165) is 17.2 Å². The standard InChI is InChI=1S/C11H19NS/c1-8-3-11(2,4-8)7-12-5-10-9(12)6-13-10/h8-10H,3-7H2,1-2H3. The van der Waals surface area contributed by atoms with E-state index in [1.54, 1.807) is 0 Å². The summed E-state index contributed by atoms with van der Waals surface area (Å²) in [5.74, 6) is 2.41. The van der Waals surface area contributed by atoms with E-state index in [4.69, 9.17) is 0 Å². The second-order valence-electron chi connectivity index (χ2n) is 5.69. The Morgan fingerprint density at radius 2 is 2.23 bits per heavy atom. The molecule has 3 aliphatic rings. The smallest absolute Gasteiger partial charge is 0.0339 e. The molecule has 13 heavy (non-hydrogen) atoms. The maximum absolute atomic E-state index is 2.73. The molecule has 3 rings (SSSR count). The fraction of sp³-hybridized carbons (Fsp3) is 1.00. The molecule has 2 atom stereocenters. The first-order valence-corrected chi connectivity index (χ1v) is 6.57. The lowest BCUT2D eigenvalue weighted by molar-refractivity contribution is -0.0106. The third-order valence-corrected chi connectivity index (χ3v) is 5.49. The van der Waals surface area contributed by atoms with Crippen molar-refractivity contribution in [2.45, 2.75) is 38.0 Å². The molecule has 2 aliphatic heterocycles. The summed E-state index contributed by atoms with van der Waals surface area (Å²) in [6, 6.07) is 0.984. The minimum atomic E-state index is 0.685. The molecule has 0 bridgehead atoms. The van der Waals surface area contributed by atoms with Crippen LogP contribution in [-0.2, 0) is 0 Å². The third-order valence-electron chi connectivity index (χ3n) is 4.06. The normalized spacial score (nSPS) is 54.5. The molecule has 0 N–H and O–H groups in total. The zero-order valence-corrected chi connectivity index (χ0v) is 9.44. The van der Waals surface area contributed by atoms with Crippen LogP contribution in [0.15, 0.2) is 0 Å². The zero-order chi connectivity index (χ0) is 9.05. The fourth-order valence-electron chi connectivity index (χ4n) is 3.49. The Morgan fingerprint density at radius 3 is 2.62 bits per heavy atom. The largest absolute Gasteiger partial charge is 0.297 e. The van der Waals surface area contributed by atoms with Crippen molar-refractivity contribution in [2.24, 2.45) is 11.3 Å². The second-order valence-corrected chi connectivity index (χ2v) is 6.96. The van der Waals surface area contributed by atoms with Gasteiger partial charge in [0.2, 0.25) is 0 Å². The van der Waals surface area contributed by atoms with Gasteiger partial charge in [-0.25, -0.2) is 0 Å². The van der Waals surface area contributed by atoms with Gasteiger partial charge in [-0.1, -0.05) is 13.8 Å². The number of thioether (sulfide) groups is 1. The molecule has 2 heterocycles. The molecule has 0 aromatic rings. The average Bonchev–Trinajstić information content (AvgIpc) is 1.96. The van der Waals surface area contributed by atoms with Crippen LogP contribution in [-0.4, -0.2) is 35.0 Å². The summed E-state index contributed by atoms with van der Waals surface area (Å²) in [4.78, 5) is 2.73. The highest BCUT2D eigenvalue weighted by Crippen LogP contribution is 2.49. The average molecular weight is 197 g/mol. The van der Waals surface area contributed by atoms with E-state index >= 15 is 0 Å². The first kappa shape index (κ1) is 8.60. The van der Waals surface area contributed by atoms with Crippen molar-refractivity contribution in [1.29, 1.82) is 0 Å². The summed E-state index contributed by atoms with van der Waals surface area (Å²) in [5.41, 5.74) is 0.685. The molecule has 0 aromatic heterocycles. The number of hydrogen-bond donors (Lipinski definition) is 0. The SMILES string of the molecule is CC1CC(C)(CN2CC3SCC32)C1. The van der Waals surface area contributed by atoms with Crippen LogP contribution >= 0.6 is 11.8 Å². The molecule has 1 aliphatic carbocycles. The van der Waals surface area contributed by atoms with Crippen LogP contribution in [0.2, 0.25) is 0 Å². The molecule has 1 nitrogen and oxygen atoms in total. The Balaban J connectivity index is 1.53. The third kappa shape index (κ3) is 1.25. The number of likely N-dealkylation sites (tertiary alicyclic amines) is 1. The van der Waals surface area contributed by atoms with E-state index in [-0.39, 0.29) is 0 Å². The van der Waals surface area contributed by atoms with Crippen LogP contribution in [0.4, 0.5) is 0 Å². The van der Waals surface area contributed by atoms with Crippen LogP contribution in [0.25, 0.3) is 0 Å². The van der Waals surface area contributed by atoms with E-state index in [9.17, 15) is 0 Å². The van der Waals surface area contributed by atoms with Crippen LogP contribution in [0.1, 0.15) is 26.7 Å². The molecule has 0 spiro atoms. The lowest BCUT2D eigenvalue weighted by Crippen LogP contribution is -2.68. The highest BCUT2D eigenvalue weighted by Gasteiger charge is 2.49. The van der Waals surface area contributed by atoms with Crippen molar-refractivity contribution in [3.8, 4) is 0 Å². The second kappa shape index (κ2) is 2.66. The highest BCUT2D eigenvalue weighted by atomic mass is 32.2. The molecular weight excluding hydrogens is 178 g/mol. The van der Waals surface area contributed by atoms with Crippen molar-refractivity contribution in [3.05, 3.63) is 0 Å². The van der Waals surface area contributed by atoms with E-state index in [0.29, 0.717) is 5.41 Å². The Labute approximate surface area is 85.3 Å². The van der Waals surface area contributed by atoms with Crippen molar-refractivity contribution < 1.29 is 0 Å². The highest BCUT2D eigenvalue weighted by molar-refractivity contribution is 8.01. The summed E-state index contributed by atoms with van der Waals surface area (Å²) in [7, 11) is 0. The lowest BCUT2D eigenvalue weighted by atomic mass is 9.63. The van der Waals surface area contributed by atoms with Crippen LogP contribution in [0, 0.1) is 11.3 Å². The Hall–Kier alpha value is 0.310. The molecule has 1 saturated carbocycles. The maximum Gasteiger partial charge on any atom is 0.0339 e. The van der Waals surface area contributed by atoms with Gasteiger partial charge in [0, 0.05) is 30.1 Å². The molecule has 0 aromatic carbocycles. The lowest BCUT2D eigenvalue weighted by Gasteiger charge is -2.59. The summed E-state index contributed by atoms with van der Waals surface area (Å²) in [6.45, 7) is 7.64. The topological polar surface area (TPSA) is 3.24 Å². The Morgan fingerprint density at radius 1 is 1.46 bits per heavy atom. The van der Waals surface area contributed by atoms with Gasteiger partial charge in [0.05, 0.1) is 0 Å².